The van der Waals surface area contributed by atoms with Gasteiger partial charge in [0.25, 0.3) is 0 Å². The fourth-order valence-electron chi connectivity index (χ4n) is 4.87. The molecular formula is C17H28N2O2. The van der Waals surface area contributed by atoms with Gasteiger partial charge in [-0.2, -0.15) is 0 Å². The summed E-state index contributed by atoms with van der Waals surface area (Å²) < 4.78 is 0. The molecule has 2 bridgehead atoms. The Balaban J connectivity index is 1.72. The van der Waals surface area contributed by atoms with Crippen molar-refractivity contribution >= 4 is 11.8 Å². The SMILES string of the molecule is CCCC1NC(=O)CCN(C(C)C2CC3CCC2C3)C1=O. The molecule has 2 aliphatic carbocycles. The van der Waals surface area contributed by atoms with Crippen LogP contribution in [0.3, 0.4) is 0 Å². The van der Waals surface area contributed by atoms with E-state index in [1.54, 1.807) is 0 Å². The second kappa shape index (κ2) is 5.98. The number of hydrogen-bond acceptors (Lipinski definition) is 2. The molecule has 3 fully saturated rings. The van der Waals surface area contributed by atoms with Crippen molar-refractivity contribution in [3.63, 3.8) is 0 Å². The molecular weight excluding hydrogens is 264 g/mol. The molecule has 4 nitrogen and oxygen atoms in total. The first-order valence-corrected chi connectivity index (χ1v) is 8.70. The minimum absolute atomic E-state index is 0.0319. The molecule has 5 unspecified atom stereocenters. The van der Waals surface area contributed by atoms with E-state index in [0.717, 1.165) is 24.7 Å². The Bertz CT molecular complexity index is 423. The standard InChI is InChI=1S/C17H28N2O2/c1-3-4-15-17(21)19(8-7-16(20)18-15)11(2)14-10-12-5-6-13(14)9-12/h11-15H,3-10H2,1-2H3,(H,18,20). The van der Waals surface area contributed by atoms with Crippen LogP contribution in [0, 0.1) is 17.8 Å². The number of amides is 2. The second-order valence-electron chi connectivity index (χ2n) is 7.27. The van der Waals surface area contributed by atoms with Crippen molar-refractivity contribution < 1.29 is 9.59 Å². The molecule has 2 amide bonds. The smallest absolute Gasteiger partial charge is 0.245 e. The van der Waals surface area contributed by atoms with Gasteiger partial charge in [0.05, 0.1) is 0 Å². The van der Waals surface area contributed by atoms with Gasteiger partial charge in [0.15, 0.2) is 0 Å². The van der Waals surface area contributed by atoms with Crippen molar-refractivity contribution in [3.8, 4) is 0 Å². The van der Waals surface area contributed by atoms with Crippen LogP contribution >= 0.6 is 0 Å². The summed E-state index contributed by atoms with van der Waals surface area (Å²) in [6.45, 7) is 4.87. The van der Waals surface area contributed by atoms with Gasteiger partial charge < -0.3 is 10.2 Å². The third-order valence-corrected chi connectivity index (χ3v) is 5.98. The summed E-state index contributed by atoms with van der Waals surface area (Å²) >= 11 is 0. The van der Waals surface area contributed by atoms with Crippen molar-refractivity contribution in [1.82, 2.24) is 10.2 Å². The van der Waals surface area contributed by atoms with E-state index in [1.165, 1.54) is 25.7 Å². The summed E-state index contributed by atoms with van der Waals surface area (Å²) in [4.78, 5) is 26.7. The largest absolute Gasteiger partial charge is 0.344 e. The summed E-state index contributed by atoms with van der Waals surface area (Å²) in [5, 5.41) is 2.91. The first kappa shape index (κ1) is 14.9. The second-order valence-corrected chi connectivity index (χ2v) is 7.27. The molecule has 3 rings (SSSR count). The lowest BCUT2D eigenvalue weighted by Crippen LogP contribution is -2.50. The first-order chi connectivity index (χ1) is 10.1. The minimum atomic E-state index is -0.300. The van der Waals surface area contributed by atoms with Gasteiger partial charge in [-0.3, -0.25) is 9.59 Å². The third-order valence-electron chi connectivity index (χ3n) is 5.98. The van der Waals surface area contributed by atoms with Crippen molar-refractivity contribution in [2.45, 2.75) is 70.9 Å². The molecule has 4 heteroatoms. The van der Waals surface area contributed by atoms with Gasteiger partial charge in [0.2, 0.25) is 11.8 Å². The van der Waals surface area contributed by atoms with E-state index in [9.17, 15) is 9.59 Å². The zero-order valence-corrected chi connectivity index (χ0v) is 13.3. The quantitative estimate of drug-likeness (QED) is 0.864. The Kier molecular flexibility index (Phi) is 4.23. The molecule has 0 aromatic carbocycles. The van der Waals surface area contributed by atoms with Crippen LogP contribution in [0.1, 0.15) is 58.8 Å². The Morgan fingerprint density at radius 2 is 2.10 bits per heavy atom. The fraction of sp³-hybridized carbons (Fsp3) is 0.882. The Hall–Kier alpha value is -1.06. The lowest BCUT2D eigenvalue weighted by Gasteiger charge is -2.37. The highest BCUT2D eigenvalue weighted by molar-refractivity contribution is 5.90. The Morgan fingerprint density at radius 1 is 1.29 bits per heavy atom. The molecule has 0 spiro atoms. The van der Waals surface area contributed by atoms with Gasteiger partial charge in [0.1, 0.15) is 6.04 Å². The molecule has 1 saturated heterocycles. The normalized spacial score (nSPS) is 37.5. The average Bonchev–Trinajstić information content (AvgIpc) is 3.05. The van der Waals surface area contributed by atoms with E-state index < -0.39 is 0 Å². The number of carbonyl (C=O) groups excluding carboxylic acids is 2. The van der Waals surface area contributed by atoms with Crippen molar-refractivity contribution in [2.75, 3.05) is 6.54 Å². The minimum Gasteiger partial charge on any atom is -0.344 e. The number of nitrogens with zero attached hydrogens (tertiary/aromatic N) is 1. The molecule has 5 atom stereocenters. The maximum absolute atomic E-state index is 12.8. The highest BCUT2D eigenvalue weighted by Gasteiger charge is 2.45. The maximum atomic E-state index is 12.8. The Labute approximate surface area is 127 Å². The zero-order valence-electron chi connectivity index (χ0n) is 13.3. The molecule has 0 aromatic rings. The fourth-order valence-corrected chi connectivity index (χ4v) is 4.87. The van der Waals surface area contributed by atoms with E-state index in [4.69, 9.17) is 0 Å². The topological polar surface area (TPSA) is 49.4 Å². The summed E-state index contributed by atoms with van der Waals surface area (Å²) in [6.07, 6.45) is 7.52. The summed E-state index contributed by atoms with van der Waals surface area (Å²) in [7, 11) is 0. The monoisotopic (exact) mass is 292 g/mol. The van der Waals surface area contributed by atoms with Crippen molar-refractivity contribution in [2.24, 2.45) is 17.8 Å². The van der Waals surface area contributed by atoms with E-state index in [0.29, 0.717) is 24.9 Å². The van der Waals surface area contributed by atoms with E-state index in [1.807, 2.05) is 4.90 Å². The first-order valence-electron chi connectivity index (χ1n) is 8.70. The molecule has 2 saturated carbocycles. The van der Waals surface area contributed by atoms with Gasteiger partial charge in [-0.05, 0) is 50.4 Å². The van der Waals surface area contributed by atoms with Crippen LogP contribution < -0.4 is 5.32 Å². The van der Waals surface area contributed by atoms with E-state index in [-0.39, 0.29) is 17.9 Å². The van der Waals surface area contributed by atoms with Gasteiger partial charge >= 0.3 is 0 Å². The lowest BCUT2D eigenvalue weighted by molar-refractivity contribution is -0.136. The maximum Gasteiger partial charge on any atom is 0.245 e. The third kappa shape index (κ3) is 2.82. The average molecular weight is 292 g/mol. The van der Waals surface area contributed by atoms with Crippen LogP contribution in [0.15, 0.2) is 0 Å². The van der Waals surface area contributed by atoms with E-state index >= 15 is 0 Å². The number of hydrogen-bond donors (Lipinski definition) is 1. The predicted octanol–water partition coefficient (Wildman–Crippen LogP) is 2.33. The molecule has 0 radical (unpaired) electrons. The van der Waals surface area contributed by atoms with Gasteiger partial charge in [0, 0.05) is 19.0 Å². The van der Waals surface area contributed by atoms with Gasteiger partial charge in [-0.15, -0.1) is 0 Å². The van der Waals surface area contributed by atoms with E-state index in [2.05, 4.69) is 19.2 Å². The van der Waals surface area contributed by atoms with Crippen molar-refractivity contribution in [1.29, 1.82) is 0 Å². The highest BCUT2D eigenvalue weighted by atomic mass is 16.2. The molecule has 21 heavy (non-hydrogen) atoms. The number of carbonyl (C=O) groups is 2. The molecule has 3 aliphatic rings. The van der Waals surface area contributed by atoms with Crippen LogP contribution in [0.25, 0.3) is 0 Å². The highest BCUT2D eigenvalue weighted by Crippen LogP contribution is 2.50. The molecule has 0 aromatic heterocycles. The van der Waals surface area contributed by atoms with Gasteiger partial charge in [-0.25, -0.2) is 0 Å². The molecule has 1 aliphatic heterocycles. The summed E-state index contributed by atoms with van der Waals surface area (Å²) in [5.74, 6) is 2.55. The molecule has 118 valence electrons. The van der Waals surface area contributed by atoms with Crippen LogP contribution in [0.2, 0.25) is 0 Å². The van der Waals surface area contributed by atoms with Crippen LogP contribution in [-0.2, 0) is 9.59 Å². The molecule has 1 N–H and O–H groups in total. The Morgan fingerprint density at radius 3 is 2.71 bits per heavy atom. The summed E-state index contributed by atoms with van der Waals surface area (Å²) in [6, 6.07) is -0.00843. The predicted molar refractivity (Wildman–Crippen MR) is 81.6 cm³/mol. The lowest BCUT2D eigenvalue weighted by atomic mass is 9.83. The zero-order chi connectivity index (χ0) is 15.0. The van der Waals surface area contributed by atoms with Crippen LogP contribution in [0.5, 0.6) is 0 Å². The number of nitrogens with one attached hydrogen (secondary N) is 1. The van der Waals surface area contributed by atoms with Crippen molar-refractivity contribution in [3.05, 3.63) is 0 Å². The number of rotatable bonds is 4. The summed E-state index contributed by atoms with van der Waals surface area (Å²) in [5.41, 5.74) is 0. The van der Waals surface area contributed by atoms with Crippen LogP contribution in [0.4, 0.5) is 0 Å². The number of fused-ring (bicyclic) bond motifs is 2. The molecule has 1 heterocycles. The van der Waals surface area contributed by atoms with Crippen LogP contribution in [-0.4, -0.2) is 35.3 Å². The van der Waals surface area contributed by atoms with Gasteiger partial charge in [-0.1, -0.05) is 19.8 Å².